The minimum Gasteiger partial charge on any atom is -0.384 e. The zero-order valence-corrected chi connectivity index (χ0v) is 8.61. The fourth-order valence-electron chi connectivity index (χ4n) is 1.67. The van der Waals surface area contributed by atoms with Crippen LogP contribution in [0.5, 0.6) is 0 Å². The molecule has 0 atom stereocenters. The minimum atomic E-state index is -0.0781. The van der Waals surface area contributed by atoms with Crippen LogP contribution < -0.4 is 11.4 Å². The van der Waals surface area contributed by atoms with E-state index in [2.05, 4.69) is 0 Å². The Morgan fingerprint density at radius 3 is 2.47 bits per heavy atom. The Labute approximate surface area is 86.2 Å². The third kappa shape index (κ3) is 1.24. The van der Waals surface area contributed by atoms with E-state index in [1.54, 1.807) is 41.4 Å². The molecule has 2 aromatic rings. The molecule has 0 aliphatic heterocycles. The molecule has 5 nitrogen and oxygen atoms in total. The molecule has 3 N–H and O–H groups in total. The van der Waals surface area contributed by atoms with Crippen molar-refractivity contribution in [2.75, 3.05) is 0 Å². The normalized spacial score (nSPS) is 10.8. The highest BCUT2D eigenvalue weighted by molar-refractivity contribution is 5.98. The van der Waals surface area contributed by atoms with Gasteiger partial charge in [-0.2, -0.15) is 0 Å². The fraction of sp³-hybridized carbons (Fsp3) is 0.200. The van der Waals surface area contributed by atoms with Gasteiger partial charge in [0.25, 0.3) is 0 Å². The third-order valence-corrected chi connectivity index (χ3v) is 2.58. The van der Waals surface area contributed by atoms with Crippen LogP contribution in [0.3, 0.4) is 0 Å². The maximum atomic E-state index is 11.6. The molecular weight excluding hydrogens is 192 g/mol. The van der Waals surface area contributed by atoms with Gasteiger partial charge in [0, 0.05) is 19.7 Å². The van der Waals surface area contributed by atoms with Crippen molar-refractivity contribution in [2.24, 2.45) is 19.8 Å². The number of hydrogen-bond donors (Lipinski definition) is 2. The Bertz CT molecular complexity index is 606. The number of nitrogen functional groups attached to an aromatic ring is 1. The monoisotopic (exact) mass is 204 g/mol. The molecule has 15 heavy (non-hydrogen) atoms. The summed E-state index contributed by atoms with van der Waals surface area (Å²) in [5, 5.41) is 7.33. The van der Waals surface area contributed by atoms with Crippen molar-refractivity contribution >= 4 is 16.9 Å². The summed E-state index contributed by atoms with van der Waals surface area (Å²) < 4.78 is 3.11. The molecule has 1 aromatic heterocycles. The van der Waals surface area contributed by atoms with E-state index in [1.165, 1.54) is 0 Å². The predicted molar refractivity (Wildman–Crippen MR) is 59.2 cm³/mol. The van der Waals surface area contributed by atoms with Gasteiger partial charge >= 0.3 is 5.69 Å². The summed E-state index contributed by atoms with van der Waals surface area (Å²) in [6.45, 7) is 0. The molecule has 2 rings (SSSR count). The molecule has 0 saturated carbocycles. The number of aromatic nitrogens is 2. The number of amidine groups is 1. The Morgan fingerprint density at radius 2 is 1.87 bits per heavy atom. The number of nitrogens with one attached hydrogen (secondary N) is 1. The predicted octanol–water partition coefficient (Wildman–Crippen LogP) is 0.161. The van der Waals surface area contributed by atoms with E-state index in [0.29, 0.717) is 5.56 Å². The first-order chi connectivity index (χ1) is 7.02. The molecule has 0 saturated heterocycles. The molecule has 0 fully saturated rings. The van der Waals surface area contributed by atoms with Crippen molar-refractivity contribution in [2.45, 2.75) is 0 Å². The molecule has 0 radical (unpaired) electrons. The Kier molecular flexibility index (Phi) is 1.89. The van der Waals surface area contributed by atoms with Gasteiger partial charge in [-0.15, -0.1) is 0 Å². The summed E-state index contributed by atoms with van der Waals surface area (Å²) in [4.78, 5) is 11.6. The number of aryl methyl sites for hydroxylation is 2. The molecule has 5 heteroatoms. The van der Waals surface area contributed by atoms with Gasteiger partial charge in [-0.25, -0.2) is 4.79 Å². The van der Waals surface area contributed by atoms with Crippen molar-refractivity contribution in [1.29, 1.82) is 5.41 Å². The second-order valence-electron chi connectivity index (χ2n) is 3.52. The highest BCUT2D eigenvalue weighted by atomic mass is 16.1. The Hall–Kier alpha value is -2.04. The smallest absolute Gasteiger partial charge is 0.328 e. The lowest BCUT2D eigenvalue weighted by Gasteiger charge is -1.99. The van der Waals surface area contributed by atoms with E-state index in [-0.39, 0.29) is 11.5 Å². The van der Waals surface area contributed by atoms with Gasteiger partial charge in [0.05, 0.1) is 11.0 Å². The molecule has 1 heterocycles. The van der Waals surface area contributed by atoms with E-state index in [0.717, 1.165) is 11.0 Å². The van der Waals surface area contributed by atoms with Crippen LogP contribution in [-0.2, 0) is 14.1 Å². The van der Waals surface area contributed by atoms with Crippen molar-refractivity contribution in [1.82, 2.24) is 9.13 Å². The Morgan fingerprint density at radius 1 is 1.27 bits per heavy atom. The molecule has 0 amide bonds. The first-order valence-electron chi connectivity index (χ1n) is 4.52. The summed E-state index contributed by atoms with van der Waals surface area (Å²) in [5.74, 6) is 0.00759. The third-order valence-electron chi connectivity index (χ3n) is 2.58. The molecule has 0 aliphatic rings. The van der Waals surface area contributed by atoms with E-state index in [1.807, 2.05) is 0 Å². The lowest BCUT2D eigenvalue weighted by Crippen LogP contribution is -2.19. The van der Waals surface area contributed by atoms with Gasteiger partial charge in [0.15, 0.2) is 0 Å². The van der Waals surface area contributed by atoms with Crippen LogP contribution in [0.25, 0.3) is 11.0 Å². The van der Waals surface area contributed by atoms with Gasteiger partial charge in [-0.1, -0.05) is 0 Å². The van der Waals surface area contributed by atoms with Crippen LogP contribution >= 0.6 is 0 Å². The van der Waals surface area contributed by atoms with Crippen LogP contribution in [0.1, 0.15) is 5.56 Å². The first-order valence-corrected chi connectivity index (χ1v) is 4.52. The number of benzene rings is 1. The molecule has 0 unspecified atom stereocenters. The second-order valence-corrected chi connectivity index (χ2v) is 3.52. The summed E-state index contributed by atoms with van der Waals surface area (Å²) in [6, 6.07) is 5.29. The van der Waals surface area contributed by atoms with Gasteiger partial charge in [-0.3, -0.25) is 14.5 Å². The maximum absolute atomic E-state index is 11.6. The van der Waals surface area contributed by atoms with Crippen LogP contribution in [0, 0.1) is 5.41 Å². The highest BCUT2D eigenvalue weighted by Crippen LogP contribution is 2.13. The zero-order valence-electron chi connectivity index (χ0n) is 8.61. The fourth-order valence-corrected chi connectivity index (χ4v) is 1.67. The first kappa shape index (κ1) is 9.51. The lowest BCUT2D eigenvalue weighted by atomic mass is 10.2. The average molecular weight is 204 g/mol. The van der Waals surface area contributed by atoms with Crippen molar-refractivity contribution in [3.8, 4) is 0 Å². The van der Waals surface area contributed by atoms with Gasteiger partial charge in [0.2, 0.25) is 0 Å². The molecule has 78 valence electrons. The molecule has 0 spiro atoms. The van der Waals surface area contributed by atoms with E-state index >= 15 is 0 Å². The number of fused-ring (bicyclic) bond motifs is 1. The van der Waals surface area contributed by atoms with Crippen molar-refractivity contribution in [3.05, 3.63) is 34.2 Å². The summed E-state index contributed by atoms with van der Waals surface area (Å²) in [5.41, 5.74) is 7.57. The molecule has 1 aromatic carbocycles. The number of hydrogen-bond acceptors (Lipinski definition) is 2. The Balaban J connectivity index is 2.89. The number of nitrogens with zero attached hydrogens (tertiary/aromatic N) is 2. The van der Waals surface area contributed by atoms with E-state index in [9.17, 15) is 4.79 Å². The van der Waals surface area contributed by atoms with Crippen LogP contribution in [0.4, 0.5) is 0 Å². The van der Waals surface area contributed by atoms with Crippen molar-refractivity contribution in [3.63, 3.8) is 0 Å². The SMILES string of the molecule is Cn1c(=O)n(C)c2cc(C(=N)N)ccc21. The van der Waals surface area contributed by atoms with Gasteiger partial charge in [-0.05, 0) is 18.2 Å². The number of nitrogens with two attached hydrogens (primary N) is 1. The summed E-state index contributed by atoms with van der Waals surface area (Å²) in [7, 11) is 3.42. The average Bonchev–Trinajstić information content (AvgIpc) is 2.44. The topological polar surface area (TPSA) is 76.8 Å². The minimum absolute atomic E-state index is 0.00759. The van der Waals surface area contributed by atoms with Gasteiger partial charge < -0.3 is 5.73 Å². The molecule has 0 aliphatic carbocycles. The largest absolute Gasteiger partial charge is 0.384 e. The van der Waals surface area contributed by atoms with E-state index < -0.39 is 0 Å². The number of rotatable bonds is 1. The summed E-state index contributed by atoms with van der Waals surface area (Å²) in [6.07, 6.45) is 0. The van der Waals surface area contributed by atoms with E-state index in [4.69, 9.17) is 11.1 Å². The number of imidazole rings is 1. The maximum Gasteiger partial charge on any atom is 0.328 e. The quantitative estimate of drug-likeness (QED) is 0.513. The zero-order chi connectivity index (χ0) is 11.2. The van der Waals surface area contributed by atoms with Crippen LogP contribution in [0.15, 0.2) is 23.0 Å². The highest BCUT2D eigenvalue weighted by Gasteiger charge is 2.08. The van der Waals surface area contributed by atoms with Crippen LogP contribution in [-0.4, -0.2) is 15.0 Å². The van der Waals surface area contributed by atoms with Crippen LogP contribution in [0.2, 0.25) is 0 Å². The molecular formula is C10H12N4O. The summed E-state index contributed by atoms with van der Waals surface area (Å²) >= 11 is 0. The standard InChI is InChI=1S/C10H12N4O/c1-13-7-4-3-6(9(11)12)5-8(7)14(2)10(13)15/h3-5H,1-2H3,(H3,11,12). The second kappa shape index (κ2) is 2.98. The lowest BCUT2D eigenvalue weighted by molar-refractivity contribution is 0.795. The van der Waals surface area contributed by atoms with Gasteiger partial charge in [0.1, 0.15) is 5.84 Å². The van der Waals surface area contributed by atoms with Crippen molar-refractivity contribution < 1.29 is 0 Å². The molecule has 0 bridgehead atoms.